The Labute approximate surface area is 131 Å². The second-order valence-corrected chi connectivity index (χ2v) is 7.36. The van der Waals surface area contributed by atoms with E-state index in [2.05, 4.69) is 37.9 Å². The number of nitrogens with one attached hydrogen (secondary N) is 1. The molecule has 2 atom stereocenters. The normalized spacial score (nSPS) is 22.4. The Kier molecular flexibility index (Phi) is 8.79. The first-order chi connectivity index (χ1) is 9.92. The van der Waals surface area contributed by atoms with Gasteiger partial charge < -0.3 is 15.2 Å². The van der Waals surface area contributed by atoms with E-state index < -0.39 is 0 Å². The Balaban J connectivity index is 2.31. The van der Waals surface area contributed by atoms with Gasteiger partial charge in [-0.3, -0.25) is 4.90 Å². The van der Waals surface area contributed by atoms with Gasteiger partial charge in [-0.15, -0.1) is 0 Å². The molecule has 1 rings (SSSR count). The van der Waals surface area contributed by atoms with Gasteiger partial charge in [0.15, 0.2) is 0 Å². The standard InChI is InChI=1S/C17H36N2O2/c1-5-6-11-21-14-16(20)13-19-10-8-7-9-15(19)12-18-17(2,3)4/h15-16,18,20H,5-14H2,1-4H3. The van der Waals surface area contributed by atoms with Gasteiger partial charge in [0, 0.05) is 31.3 Å². The Hall–Kier alpha value is -0.160. The van der Waals surface area contributed by atoms with Crippen LogP contribution in [0.1, 0.15) is 59.8 Å². The number of rotatable bonds is 9. The number of ether oxygens (including phenoxy) is 1. The molecule has 126 valence electrons. The molecule has 2 unspecified atom stereocenters. The molecule has 0 aliphatic carbocycles. The van der Waals surface area contributed by atoms with Crippen LogP contribution in [-0.2, 0) is 4.74 Å². The molecule has 1 aliphatic rings. The minimum absolute atomic E-state index is 0.158. The van der Waals surface area contributed by atoms with Crippen LogP contribution in [-0.4, -0.2) is 60.5 Å². The van der Waals surface area contributed by atoms with Crippen LogP contribution in [0.2, 0.25) is 0 Å². The zero-order chi connectivity index (χ0) is 15.7. The quantitative estimate of drug-likeness (QED) is 0.642. The van der Waals surface area contributed by atoms with E-state index in [1.807, 2.05) is 0 Å². The predicted octanol–water partition coefficient (Wildman–Crippen LogP) is 2.41. The summed E-state index contributed by atoms with van der Waals surface area (Å²) in [6.07, 6.45) is 5.63. The smallest absolute Gasteiger partial charge is 0.0900 e. The molecule has 0 bridgehead atoms. The molecule has 1 fully saturated rings. The summed E-state index contributed by atoms with van der Waals surface area (Å²) in [5.74, 6) is 0. The van der Waals surface area contributed by atoms with Crippen molar-refractivity contribution in [3.63, 3.8) is 0 Å². The third kappa shape index (κ3) is 8.77. The van der Waals surface area contributed by atoms with E-state index >= 15 is 0 Å². The highest BCUT2D eigenvalue weighted by atomic mass is 16.5. The molecule has 0 aromatic heterocycles. The van der Waals surface area contributed by atoms with Crippen molar-refractivity contribution in [2.75, 3.05) is 32.8 Å². The fraction of sp³-hybridized carbons (Fsp3) is 1.00. The molecule has 4 nitrogen and oxygen atoms in total. The van der Waals surface area contributed by atoms with Crippen LogP contribution in [0, 0.1) is 0 Å². The third-order valence-corrected chi connectivity index (χ3v) is 4.01. The molecule has 4 heteroatoms. The molecule has 21 heavy (non-hydrogen) atoms. The van der Waals surface area contributed by atoms with E-state index in [1.165, 1.54) is 19.3 Å². The summed E-state index contributed by atoms with van der Waals surface area (Å²) in [5.41, 5.74) is 0.158. The number of aliphatic hydroxyl groups is 1. The van der Waals surface area contributed by atoms with Gasteiger partial charge in [0.25, 0.3) is 0 Å². The van der Waals surface area contributed by atoms with Gasteiger partial charge in [0.2, 0.25) is 0 Å². The van der Waals surface area contributed by atoms with Crippen LogP contribution < -0.4 is 5.32 Å². The van der Waals surface area contributed by atoms with Crippen LogP contribution in [0.15, 0.2) is 0 Å². The first-order valence-corrected chi connectivity index (χ1v) is 8.67. The van der Waals surface area contributed by atoms with Gasteiger partial charge in [-0.25, -0.2) is 0 Å². The molecule has 1 aliphatic heterocycles. The summed E-state index contributed by atoms with van der Waals surface area (Å²) >= 11 is 0. The molecule has 0 spiro atoms. The number of aliphatic hydroxyl groups excluding tert-OH is 1. The summed E-state index contributed by atoms with van der Waals surface area (Å²) in [7, 11) is 0. The largest absolute Gasteiger partial charge is 0.389 e. The van der Waals surface area contributed by atoms with Gasteiger partial charge in [-0.1, -0.05) is 19.8 Å². The van der Waals surface area contributed by atoms with Crippen molar-refractivity contribution in [1.29, 1.82) is 0 Å². The SMILES string of the molecule is CCCCOCC(O)CN1CCCCC1CNC(C)(C)C. The molecule has 0 amide bonds. The van der Waals surface area contributed by atoms with Gasteiger partial charge >= 0.3 is 0 Å². The number of nitrogens with zero attached hydrogens (tertiary/aromatic N) is 1. The highest BCUT2D eigenvalue weighted by Gasteiger charge is 2.25. The second kappa shape index (κ2) is 9.78. The number of β-amino-alcohol motifs (C(OH)–C–C–N with tert-alkyl or cyclic N) is 1. The van der Waals surface area contributed by atoms with Gasteiger partial charge in [-0.05, 0) is 46.6 Å². The lowest BCUT2D eigenvalue weighted by molar-refractivity contribution is 0.00100. The van der Waals surface area contributed by atoms with E-state index in [0.29, 0.717) is 12.6 Å². The van der Waals surface area contributed by atoms with Crippen LogP contribution >= 0.6 is 0 Å². The fourth-order valence-electron chi connectivity index (χ4n) is 2.74. The number of hydrogen-bond donors (Lipinski definition) is 2. The number of piperidine rings is 1. The summed E-state index contributed by atoms with van der Waals surface area (Å²) in [6, 6.07) is 0.545. The lowest BCUT2D eigenvalue weighted by Gasteiger charge is -2.38. The number of likely N-dealkylation sites (tertiary alicyclic amines) is 1. The van der Waals surface area contributed by atoms with Crippen molar-refractivity contribution in [3.05, 3.63) is 0 Å². The summed E-state index contributed by atoms with van der Waals surface area (Å²) < 4.78 is 5.53. The molecule has 0 aromatic carbocycles. The number of unbranched alkanes of at least 4 members (excludes halogenated alkanes) is 1. The summed E-state index contributed by atoms with van der Waals surface area (Å²) in [6.45, 7) is 12.8. The van der Waals surface area contributed by atoms with Crippen molar-refractivity contribution in [2.45, 2.75) is 77.5 Å². The average molecular weight is 300 g/mol. The monoisotopic (exact) mass is 300 g/mol. The van der Waals surface area contributed by atoms with Crippen LogP contribution in [0.25, 0.3) is 0 Å². The van der Waals surface area contributed by atoms with Gasteiger partial charge in [0.1, 0.15) is 0 Å². The third-order valence-electron chi connectivity index (χ3n) is 4.01. The Morgan fingerprint density at radius 1 is 1.33 bits per heavy atom. The molecular weight excluding hydrogens is 264 g/mol. The second-order valence-electron chi connectivity index (χ2n) is 7.36. The molecule has 0 aromatic rings. The van der Waals surface area contributed by atoms with Crippen molar-refractivity contribution in [1.82, 2.24) is 10.2 Å². The van der Waals surface area contributed by atoms with Crippen LogP contribution in [0.5, 0.6) is 0 Å². The molecular formula is C17H36N2O2. The number of hydrogen-bond acceptors (Lipinski definition) is 4. The Bertz CT molecular complexity index is 266. The first-order valence-electron chi connectivity index (χ1n) is 8.67. The van der Waals surface area contributed by atoms with Crippen molar-refractivity contribution in [2.24, 2.45) is 0 Å². The maximum absolute atomic E-state index is 10.2. The minimum Gasteiger partial charge on any atom is -0.389 e. The first kappa shape index (κ1) is 18.9. The lowest BCUT2D eigenvalue weighted by atomic mass is 10.00. The van der Waals surface area contributed by atoms with E-state index in [-0.39, 0.29) is 11.6 Å². The van der Waals surface area contributed by atoms with Crippen LogP contribution in [0.4, 0.5) is 0 Å². The molecule has 0 radical (unpaired) electrons. The molecule has 2 N–H and O–H groups in total. The molecule has 0 saturated carbocycles. The predicted molar refractivity (Wildman–Crippen MR) is 88.7 cm³/mol. The lowest BCUT2D eigenvalue weighted by Crippen LogP contribution is -2.51. The minimum atomic E-state index is -0.364. The Morgan fingerprint density at radius 2 is 2.10 bits per heavy atom. The van der Waals surface area contributed by atoms with E-state index in [0.717, 1.165) is 39.1 Å². The average Bonchev–Trinajstić information content (AvgIpc) is 2.42. The maximum Gasteiger partial charge on any atom is 0.0900 e. The zero-order valence-corrected chi connectivity index (χ0v) is 14.5. The fourth-order valence-corrected chi connectivity index (χ4v) is 2.74. The zero-order valence-electron chi connectivity index (χ0n) is 14.5. The van der Waals surface area contributed by atoms with Crippen molar-refractivity contribution >= 4 is 0 Å². The summed E-state index contributed by atoms with van der Waals surface area (Å²) in [5, 5.41) is 13.8. The van der Waals surface area contributed by atoms with E-state index in [4.69, 9.17) is 4.74 Å². The van der Waals surface area contributed by atoms with Gasteiger partial charge in [0.05, 0.1) is 12.7 Å². The van der Waals surface area contributed by atoms with Crippen molar-refractivity contribution < 1.29 is 9.84 Å². The topological polar surface area (TPSA) is 44.7 Å². The van der Waals surface area contributed by atoms with Crippen LogP contribution in [0.3, 0.4) is 0 Å². The van der Waals surface area contributed by atoms with E-state index in [1.54, 1.807) is 0 Å². The van der Waals surface area contributed by atoms with Gasteiger partial charge in [-0.2, -0.15) is 0 Å². The summed E-state index contributed by atoms with van der Waals surface area (Å²) in [4.78, 5) is 2.44. The van der Waals surface area contributed by atoms with E-state index in [9.17, 15) is 5.11 Å². The molecule has 1 saturated heterocycles. The highest BCUT2D eigenvalue weighted by Crippen LogP contribution is 2.17. The molecule has 1 heterocycles. The highest BCUT2D eigenvalue weighted by molar-refractivity contribution is 4.83. The Morgan fingerprint density at radius 3 is 2.76 bits per heavy atom. The maximum atomic E-state index is 10.2. The van der Waals surface area contributed by atoms with Crippen molar-refractivity contribution in [3.8, 4) is 0 Å².